The van der Waals surface area contributed by atoms with Gasteiger partial charge in [0, 0.05) is 36.6 Å². The highest BCUT2D eigenvalue weighted by molar-refractivity contribution is 7.89. The van der Waals surface area contributed by atoms with Crippen LogP contribution in [0.15, 0.2) is 40.4 Å². The lowest BCUT2D eigenvalue weighted by atomic mass is 10.1. The topological polar surface area (TPSA) is 112 Å². The normalized spacial score (nSPS) is 16.1. The van der Waals surface area contributed by atoms with Crippen molar-refractivity contribution in [2.45, 2.75) is 18.4 Å². The number of hydrogen-bond acceptors (Lipinski definition) is 7. The number of pyridine rings is 1. The Labute approximate surface area is 157 Å². The molecule has 1 aromatic carbocycles. The highest BCUT2D eigenvalue weighted by Crippen LogP contribution is 2.25. The third kappa shape index (κ3) is 4.16. The molecule has 1 aliphatic heterocycles. The van der Waals surface area contributed by atoms with Gasteiger partial charge in [-0.1, -0.05) is 6.07 Å². The Hall–Kier alpha value is -2.33. The largest absolute Gasteiger partial charge is 0.505 e. The summed E-state index contributed by atoms with van der Waals surface area (Å²) in [5, 5.41) is 19.6. The number of sulfonamides is 1. The van der Waals surface area contributed by atoms with E-state index in [4.69, 9.17) is 4.74 Å². The third-order valence-electron chi connectivity index (χ3n) is 4.30. The van der Waals surface area contributed by atoms with Crippen LogP contribution >= 0.6 is 0 Å². The van der Waals surface area contributed by atoms with Crippen LogP contribution in [0.3, 0.4) is 0 Å². The van der Waals surface area contributed by atoms with E-state index in [2.05, 4.69) is 9.98 Å². The van der Waals surface area contributed by atoms with Crippen LogP contribution < -0.4 is 0 Å². The van der Waals surface area contributed by atoms with Crippen molar-refractivity contribution in [2.75, 3.05) is 26.3 Å². The van der Waals surface area contributed by atoms with Crippen molar-refractivity contribution in [3.8, 4) is 5.75 Å². The van der Waals surface area contributed by atoms with Gasteiger partial charge in [0.05, 0.1) is 36.1 Å². The number of nitrogens with zero attached hydrogens (tertiary/aromatic N) is 3. The average Bonchev–Trinajstić information content (AvgIpc) is 2.70. The third-order valence-corrected chi connectivity index (χ3v) is 6.19. The molecule has 144 valence electrons. The second-order valence-corrected chi connectivity index (χ2v) is 8.00. The average molecular weight is 391 g/mol. The minimum absolute atomic E-state index is 0.0672. The van der Waals surface area contributed by atoms with E-state index in [1.165, 1.54) is 28.8 Å². The number of rotatable bonds is 5. The lowest BCUT2D eigenvalue weighted by molar-refractivity contribution is 0.0730. The molecule has 0 amide bonds. The van der Waals surface area contributed by atoms with Gasteiger partial charge in [-0.3, -0.25) is 9.98 Å². The molecule has 1 saturated heterocycles. The molecule has 0 unspecified atom stereocenters. The molecule has 27 heavy (non-hydrogen) atoms. The maximum atomic E-state index is 12.8. The van der Waals surface area contributed by atoms with Crippen LogP contribution in [-0.2, 0) is 21.4 Å². The van der Waals surface area contributed by atoms with Gasteiger partial charge < -0.3 is 14.9 Å². The van der Waals surface area contributed by atoms with E-state index in [-0.39, 0.29) is 17.3 Å². The van der Waals surface area contributed by atoms with E-state index in [1.54, 1.807) is 19.1 Å². The Morgan fingerprint density at radius 3 is 2.78 bits per heavy atom. The van der Waals surface area contributed by atoms with Crippen LogP contribution in [0.25, 0.3) is 0 Å². The van der Waals surface area contributed by atoms with E-state index in [0.717, 1.165) is 0 Å². The molecule has 0 saturated carbocycles. The van der Waals surface area contributed by atoms with Gasteiger partial charge >= 0.3 is 0 Å². The van der Waals surface area contributed by atoms with E-state index in [1.807, 2.05) is 0 Å². The van der Waals surface area contributed by atoms with Gasteiger partial charge in [-0.05, 0) is 25.1 Å². The van der Waals surface area contributed by atoms with Crippen molar-refractivity contribution in [3.05, 3.63) is 47.3 Å². The van der Waals surface area contributed by atoms with E-state index in [0.29, 0.717) is 48.8 Å². The zero-order valence-corrected chi connectivity index (χ0v) is 15.7. The minimum atomic E-state index is -3.62. The summed E-state index contributed by atoms with van der Waals surface area (Å²) < 4.78 is 32.1. The summed E-state index contributed by atoms with van der Waals surface area (Å²) in [5.41, 5.74) is 1.62. The number of aromatic nitrogens is 1. The molecule has 8 nitrogen and oxygen atoms in total. The first-order valence-electron chi connectivity index (χ1n) is 8.44. The van der Waals surface area contributed by atoms with Crippen molar-refractivity contribution in [3.63, 3.8) is 0 Å². The summed E-state index contributed by atoms with van der Waals surface area (Å²) >= 11 is 0. The Balaban J connectivity index is 1.91. The summed E-state index contributed by atoms with van der Waals surface area (Å²) in [5.74, 6) is -0.0672. The highest BCUT2D eigenvalue weighted by Gasteiger charge is 2.26. The van der Waals surface area contributed by atoms with Crippen LogP contribution in [0, 0.1) is 6.92 Å². The number of aliphatic hydroxyl groups is 1. The smallest absolute Gasteiger partial charge is 0.243 e. The fraction of sp³-hybridized carbons (Fsp3) is 0.333. The van der Waals surface area contributed by atoms with Crippen LogP contribution in [0.5, 0.6) is 5.75 Å². The molecular weight excluding hydrogens is 370 g/mol. The maximum absolute atomic E-state index is 12.8. The van der Waals surface area contributed by atoms with Crippen molar-refractivity contribution in [2.24, 2.45) is 4.99 Å². The van der Waals surface area contributed by atoms with Gasteiger partial charge in [-0.15, -0.1) is 0 Å². The van der Waals surface area contributed by atoms with Gasteiger partial charge in [0.1, 0.15) is 5.75 Å². The fourth-order valence-electron chi connectivity index (χ4n) is 2.72. The lowest BCUT2D eigenvalue weighted by Crippen LogP contribution is -2.40. The monoisotopic (exact) mass is 391 g/mol. The number of aromatic hydroxyl groups is 1. The van der Waals surface area contributed by atoms with Crippen molar-refractivity contribution < 1.29 is 23.4 Å². The number of hydrogen-bond donors (Lipinski definition) is 2. The first kappa shape index (κ1) is 19.4. The molecule has 1 fully saturated rings. The van der Waals surface area contributed by atoms with Crippen molar-refractivity contribution >= 4 is 21.9 Å². The van der Waals surface area contributed by atoms with Gasteiger partial charge in [-0.2, -0.15) is 4.31 Å². The Morgan fingerprint density at radius 2 is 2.07 bits per heavy atom. The van der Waals surface area contributed by atoms with Crippen LogP contribution in [0.1, 0.15) is 16.8 Å². The number of aliphatic hydroxyl groups excluding tert-OH is 1. The quantitative estimate of drug-likeness (QED) is 0.744. The lowest BCUT2D eigenvalue weighted by Gasteiger charge is -2.26. The standard InChI is InChI=1S/C18H21N3O5S/c1-13-18(23)17(14(12-22)10-19-13)11-20-15-3-2-4-16(9-15)27(24,25)21-5-7-26-8-6-21/h2-4,9-11,22-23H,5-8,12H2,1H3. The number of aryl methyl sites for hydroxylation is 1. The Kier molecular flexibility index (Phi) is 5.85. The number of ether oxygens (including phenoxy) is 1. The summed E-state index contributed by atoms with van der Waals surface area (Å²) in [6.45, 7) is 2.74. The first-order valence-corrected chi connectivity index (χ1v) is 9.88. The summed E-state index contributed by atoms with van der Waals surface area (Å²) in [6.07, 6.45) is 2.87. The fourth-order valence-corrected chi connectivity index (χ4v) is 4.17. The molecule has 0 aliphatic carbocycles. The number of aliphatic imine (C=N–C) groups is 1. The molecular formula is C18H21N3O5S. The second-order valence-electron chi connectivity index (χ2n) is 6.06. The van der Waals surface area contributed by atoms with E-state index < -0.39 is 10.0 Å². The minimum Gasteiger partial charge on any atom is -0.505 e. The highest BCUT2D eigenvalue weighted by atomic mass is 32.2. The maximum Gasteiger partial charge on any atom is 0.243 e. The van der Waals surface area contributed by atoms with Gasteiger partial charge in [-0.25, -0.2) is 8.42 Å². The van der Waals surface area contributed by atoms with Crippen LogP contribution in [0.4, 0.5) is 5.69 Å². The van der Waals surface area contributed by atoms with E-state index >= 15 is 0 Å². The van der Waals surface area contributed by atoms with E-state index in [9.17, 15) is 18.6 Å². The van der Waals surface area contributed by atoms with Crippen LogP contribution in [0.2, 0.25) is 0 Å². The van der Waals surface area contributed by atoms with Crippen molar-refractivity contribution in [1.29, 1.82) is 0 Å². The molecule has 9 heteroatoms. The SMILES string of the molecule is Cc1ncc(CO)c(C=Nc2cccc(S(=O)(=O)N3CCOCC3)c2)c1O. The summed E-state index contributed by atoms with van der Waals surface area (Å²) in [6, 6.07) is 6.28. The molecule has 0 radical (unpaired) electrons. The molecule has 3 rings (SSSR count). The molecule has 1 aromatic heterocycles. The summed E-state index contributed by atoms with van der Waals surface area (Å²) in [7, 11) is -3.62. The van der Waals surface area contributed by atoms with Gasteiger partial charge in [0.2, 0.25) is 10.0 Å². The second kappa shape index (κ2) is 8.13. The number of benzene rings is 1. The zero-order valence-electron chi connectivity index (χ0n) is 14.9. The predicted molar refractivity (Wildman–Crippen MR) is 99.8 cm³/mol. The zero-order chi connectivity index (χ0) is 19.4. The Bertz CT molecular complexity index is 953. The molecule has 1 aliphatic rings. The first-order chi connectivity index (χ1) is 12.9. The summed E-state index contributed by atoms with van der Waals surface area (Å²) in [4.78, 5) is 8.42. The molecule has 0 spiro atoms. The van der Waals surface area contributed by atoms with Crippen molar-refractivity contribution in [1.82, 2.24) is 9.29 Å². The number of morpholine rings is 1. The molecule has 0 bridgehead atoms. The van der Waals surface area contributed by atoms with Gasteiger partial charge in [0.25, 0.3) is 0 Å². The molecule has 2 heterocycles. The predicted octanol–water partition coefficient (Wildman–Crippen LogP) is 1.36. The molecule has 0 atom stereocenters. The van der Waals surface area contributed by atoms with Gasteiger partial charge in [0.15, 0.2) is 0 Å². The van der Waals surface area contributed by atoms with Crippen LogP contribution in [-0.4, -0.2) is 60.4 Å². The molecule has 2 aromatic rings. The molecule has 2 N–H and O–H groups in total. The Morgan fingerprint density at radius 1 is 1.33 bits per heavy atom.